The van der Waals surface area contributed by atoms with E-state index in [-0.39, 0.29) is 24.5 Å². The molecule has 1 aliphatic heterocycles. The van der Waals surface area contributed by atoms with Crippen molar-refractivity contribution in [2.45, 2.75) is 18.9 Å². The van der Waals surface area contributed by atoms with Crippen LogP contribution in [0.25, 0.3) is 0 Å². The number of carbonyl (C=O) groups excluding carboxylic acids is 2. The van der Waals surface area contributed by atoms with Gasteiger partial charge in [0, 0.05) is 24.8 Å². The van der Waals surface area contributed by atoms with Crippen LogP contribution in [-0.2, 0) is 9.59 Å². The molecule has 0 atom stereocenters. The van der Waals surface area contributed by atoms with Gasteiger partial charge < -0.3 is 20.1 Å². The first-order valence-electron chi connectivity index (χ1n) is 9.76. The summed E-state index contributed by atoms with van der Waals surface area (Å²) in [5, 5.41) is 5.91. The second-order valence-corrected chi connectivity index (χ2v) is 6.97. The zero-order chi connectivity index (χ0) is 20.5. The average molecular weight is 397 g/mol. The highest BCUT2D eigenvalue weighted by molar-refractivity contribution is 5.92. The minimum Gasteiger partial charge on any atom is -0.493 e. The summed E-state index contributed by atoms with van der Waals surface area (Å²) in [6.45, 7) is 1.83. The molecule has 1 aliphatic rings. The Balaban J connectivity index is 1.36. The molecule has 0 radical (unpaired) electrons. The third kappa shape index (κ3) is 6.50. The van der Waals surface area contributed by atoms with Gasteiger partial charge in [-0.2, -0.15) is 0 Å². The van der Waals surface area contributed by atoms with E-state index in [0.29, 0.717) is 18.0 Å². The van der Waals surface area contributed by atoms with Gasteiger partial charge in [0.25, 0.3) is 5.91 Å². The quantitative estimate of drug-likeness (QED) is 0.715. The minimum absolute atomic E-state index is 0.0242. The second-order valence-electron chi connectivity index (χ2n) is 6.97. The molecule has 0 spiro atoms. The van der Waals surface area contributed by atoms with E-state index in [4.69, 9.17) is 9.47 Å². The molecule has 2 amide bonds. The average Bonchev–Trinajstić information content (AvgIpc) is 2.74. The molecule has 29 heavy (non-hydrogen) atoms. The van der Waals surface area contributed by atoms with Gasteiger partial charge in [-0.3, -0.25) is 14.5 Å². The summed E-state index contributed by atoms with van der Waals surface area (Å²) in [4.78, 5) is 26.5. The predicted molar refractivity (Wildman–Crippen MR) is 111 cm³/mol. The highest BCUT2D eigenvalue weighted by Crippen LogP contribution is 2.25. The van der Waals surface area contributed by atoms with E-state index in [0.717, 1.165) is 31.6 Å². The molecule has 0 aliphatic carbocycles. The first-order chi connectivity index (χ1) is 14.1. The maximum absolute atomic E-state index is 12.2. The molecule has 7 heteroatoms. The van der Waals surface area contributed by atoms with E-state index < -0.39 is 0 Å². The van der Waals surface area contributed by atoms with Crippen molar-refractivity contribution in [2.75, 3.05) is 38.7 Å². The lowest BCUT2D eigenvalue weighted by molar-refractivity contribution is -0.124. The predicted octanol–water partition coefficient (Wildman–Crippen LogP) is 2.29. The smallest absolute Gasteiger partial charge is 0.258 e. The van der Waals surface area contributed by atoms with Crippen LogP contribution in [0.3, 0.4) is 0 Å². The number of nitrogens with one attached hydrogen (secondary N) is 2. The number of benzene rings is 2. The molecule has 2 aromatic rings. The normalized spacial score (nSPS) is 14.8. The topological polar surface area (TPSA) is 79.9 Å². The number of hydrogen-bond donors (Lipinski definition) is 2. The third-order valence-corrected chi connectivity index (χ3v) is 4.81. The highest BCUT2D eigenvalue weighted by atomic mass is 16.5. The number of piperidine rings is 1. The molecule has 2 N–H and O–H groups in total. The van der Waals surface area contributed by atoms with Crippen LogP contribution in [0.15, 0.2) is 54.6 Å². The Bertz CT molecular complexity index is 805. The Labute approximate surface area is 171 Å². The van der Waals surface area contributed by atoms with E-state index in [1.54, 1.807) is 19.2 Å². The number of para-hydroxylation sites is 3. The molecule has 3 rings (SSSR count). The van der Waals surface area contributed by atoms with Crippen molar-refractivity contribution in [2.24, 2.45) is 0 Å². The van der Waals surface area contributed by atoms with E-state index in [1.165, 1.54) is 0 Å². The number of rotatable bonds is 8. The lowest BCUT2D eigenvalue weighted by atomic mass is 10.1. The van der Waals surface area contributed by atoms with Crippen molar-refractivity contribution in [3.8, 4) is 11.5 Å². The van der Waals surface area contributed by atoms with Crippen LogP contribution in [0, 0.1) is 0 Å². The molecular formula is C22H27N3O4. The summed E-state index contributed by atoms with van der Waals surface area (Å²) in [5.41, 5.74) is 0.801. The molecule has 7 nitrogen and oxygen atoms in total. The van der Waals surface area contributed by atoms with Gasteiger partial charge in [-0.15, -0.1) is 0 Å². The van der Waals surface area contributed by atoms with Crippen molar-refractivity contribution < 1.29 is 19.1 Å². The number of hydrogen-bond acceptors (Lipinski definition) is 5. The third-order valence-electron chi connectivity index (χ3n) is 4.81. The van der Waals surface area contributed by atoms with Crippen LogP contribution in [0.4, 0.5) is 5.69 Å². The standard InChI is InChI=1S/C22H27N3O4/c1-28-19-9-5-6-10-20(19)29-16-22(27)24-18-11-13-25(14-12-18)15-21(26)23-17-7-3-2-4-8-17/h2-10,18H,11-16H2,1H3,(H,23,26)(H,24,27). The van der Waals surface area contributed by atoms with Crippen molar-refractivity contribution >= 4 is 17.5 Å². The van der Waals surface area contributed by atoms with Crippen molar-refractivity contribution in [3.63, 3.8) is 0 Å². The van der Waals surface area contributed by atoms with Gasteiger partial charge in [0.2, 0.25) is 5.91 Å². The number of methoxy groups -OCH3 is 1. The van der Waals surface area contributed by atoms with Gasteiger partial charge in [0.15, 0.2) is 18.1 Å². The first kappa shape index (κ1) is 20.7. The fraction of sp³-hybridized carbons (Fsp3) is 0.364. The first-order valence-corrected chi connectivity index (χ1v) is 9.76. The lowest BCUT2D eigenvalue weighted by Crippen LogP contribution is -2.47. The van der Waals surface area contributed by atoms with E-state index >= 15 is 0 Å². The number of likely N-dealkylation sites (tertiary alicyclic amines) is 1. The van der Waals surface area contributed by atoms with Gasteiger partial charge in [0.05, 0.1) is 13.7 Å². The van der Waals surface area contributed by atoms with Crippen LogP contribution < -0.4 is 20.1 Å². The SMILES string of the molecule is COc1ccccc1OCC(=O)NC1CCN(CC(=O)Nc2ccccc2)CC1. The van der Waals surface area contributed by atoms with Crippen LogP contribution in [0.1, 0.15) is 12.8 Å². The zero-order valence-corrected chi connectivity index (χ0v) is 16.6. The minimum atomic E-state index is -0.156. The van der Waals surface area contributed by atoms with Gasteiger partial charge in [0.1, 0.15) is 0 Å². The Kier molecular flexibility index (Phi) is 7.47. The maximum Gasteiger partial charge on any atom is 0.258 e. The Morgan fingerprint density at radius 2 is 1.62 bits per heavy atom. The second kappa shape index (κ2) is 10.5. The summed E-state index contributed by atoms with van der Waals surface area (Å²) in [5.74, 6) is 0.965. The molecule has 1 saturated heterocycles. The molecule has 154 valence electrons. The van der Waals surface area contributed by atoms with E-state index in [2.05, 4.69) is 15.5 Å². The number of nitrogens with zero attached hydrogens (tertiary/aromatic N) is 1. The molecular weight excluding hydrogens is 370 g/mol. The molecule has 0 saturated carbocycles. The fourth-order valence-corrected chi connectivity index (χ4v) is 3.31. The fourth-order valence-electron chi connectivity index (χ4n) is 3.31. The molecule has 1 fully saturated rings. The number of carbonyl (C=O) groups is 2. The number of anilines is 1. The molecule has 0 bridgehead atoms. The van der Waals surface area contributed by atoms with Crippen molar-refractivity contribution in [1.82, 2.24) is 10.2 Å². The van der Waals surface area contributed by atoms with Gasteiger partial charge >= 0.3 is 0 Å². The van der Waals surface area contributed by atoms with Gasteiger partial charge in [-0.25, -0.2) is 0 Å². The number of amides is 2. The molecule has 1 heterocycles. The van der Waals surface area contributed by atoms with Crippen molar-refractivity contribution in [3.05, 3.63) is 54.6 Å². The van der Waals surface area contributed by atoms with Crippen LogP contribution in [0.5, 0.6) is 11.5 Å². The van der Waals surface area contributed by atoms with E-state index in [1.807, 2.05) is 42.5 Å². The largest absolute Gasteiger partial charge is 0.493 e. The van der Waals surface area contributed by atoms with Crippen LogP contribution in [-0.4, -0.2) is 56.1 Å². The van der Waals surface area contributed by atoms with Gasteiger partial charge in [-0.05, 0) is 37.1 Å². The summed E-state index contributed by atoms with van der Waals surface area (Å²) in [7, 11) is 1.57. The highest BCUT2D eigenvalue weighted by Gasteiger charge is 2.22. The summed E-state index contributed by atoms with van der Waals surface area (Å²) in [6.07, 6.45) is 1.61. The monoisotopic (exact) mass is 397 g/mol. The molecule has 0 unspecified atom stereocenters. The van der Waals surface area contributed by atoms with Crippen molar-refractivity contribution in [1.29, 1.82) is 0 Å². The van der Waals surface area contributed by atoms with E-state index in [9.17, 15) is 9.59 Å². The summed E-state index contributed by atoms with van der Waals surface area (Å²) >= 11 is 0. The lowest BCUT2D eigenvalue weighted by Gasteiger charge is -2.31. The zero-order valence-electron chi connectivity index (χ0n) is 16.6. The molecule has 2 aromatic carbocycles. The van der Waals surface area contributed by atoms with Gasteiger partial charge in [-0.1, -0.05) is 30.3 Å². The van der Waals surface area contributed by atoms with Crippen LogP contribution >= 0.6 is 0 Å². The maximum atomic E-state index is 12.2. The summed E-state index contributed by atoms with van der Waals surface area (Å²) < 4.78 is 10.8. The Morgan fingerprint density at radius 3 is 2.31 bits per heavy atom. The molecule has 0 aromatic heterocycles. The Hall–Kier alpha value is -3.06. The Morgan fingerprint density at radius 1 is 0.966 bits per heavy atom. The summed E-state index contributed by atoms with van der Waals surface area (Å²) in [6, 6.07) is 16.8. The van der Waals surface area contributed by atoms with Crippen LogP contribution in [0.2, 0.25) is 0 Å². The number of ether oxygens (including phenoxy) is 2.